The molecule has 2 aliphatic rings. The molecule has 1 atom stereocenters. The first-order valence-corrected chi connectivity index (χ1v) is 14.6. The Bertz CT molecular complexity index is 2090. The van der Waals surface area contributed by atoms with Crippen molar-refractivity contribution in [3.05, 3.63) is 150 Å². The fraction of sp³-hybridized carbons (Fsp3) is 0.0789. The first-order chi connectivity index (χ1) is 21.3. The van der Waals surface area contributed by atoms with E-state index in [9.17, 15) is 0 Å². The molecule has 5 heteroatoms. The van der Waals surface area contributed by atoms with Gasteiger partial charge in [-0.05, 0) is 59.9 Å². The third kappa shape index (κ3) is 4.75. The molecule has 0 saturated carbocycles. The van der Waals surface area contributed by atoms with E-state index in [-0.39, 0.29) is 0 Å². The average Bonchev–Trinajstić information content (AvgIpc) is 3.47. The van der Waals surface area contributed by atoms with Crippen molar-refractivity contribution < 1.29 is 4.42 Å². The molecular formula is C38H28N4O. The molecule has 0 radical (unpaired) electrons. The molecule has 0 bridgehead atoms. The highest BCUT2D eigenvalue weighted by atomic mass is 16.3. The number of nitrogens with one attached hydrogen (secondary N) is 1. The summed E-state index contributed by atoms with van der Waals surface area (Å²) in [5, 5.41) is 5.64. The van der Waals surface area contributed by atoms with Gasteiger partial charge in [-0.25, -0.2) is 9.98 Å². The van der Waals surface area contributed by atoms with Crippen LogP contribution in [-0.4, -0.2) is 16.7 Å². The van der Waals surface area contributed by atoms with Gasteiger partial charge in [0.15, 0.2) is 6.17 Å². The molecule has 1 aliphatic heterocycles. The molecule has 4 aromatic carbocycles. The molecule has 1 unspecified atom stereocenters. The summed E-state index contributed by atoms with van der Waals surface area (Å²) in [4.78, 5) is 14.8. The highest BCUT2D eigenvalue weighted by Gasteiger charge is 2.25. The first-order valence-electron chi connectivity index (χ1n) is 14.6. The number of hydrogen-bond donors (Lipinski definition) is 1. The summed E-state index contributed by atoms with van der Waals surface area (Å²) in [7, 11) is 0. The normalized spacial score (nSPS) is 16.5. The summed E-state index contributed by atoms with van der Waals surface area (Å²) in [5.74, 6) is 1.70. The standard InChI is InChI=1S/C38H28N4O/c1-3-10-27(11-4-1)36-40-37(28-12-5-2-6-13-28)42-38(41-36)30-14-9-16-34-35(30)31-24-29(21-22-33(31)43-34)25-17-19-26(20-18-25)32-15-7-8-23-39-32/h1-5,7-12,14-24,38H,6,13H2,(H,40,41,42). The highest BCUT2D eigenvalue weighted by Crippen LogP contribution is 2.39. The smallest absolute Gasteiger partial charge is 0.170 e. The van der Waals surface area contributed by atoms with Crippen molar-refractivity contribution >= 4 is 33.6 Å². The SMILES string of the molecule is C1=CCCC(C2=NC(c3cccc4oc5ccc(-c6ccc(-c7ccccn7)cc6)cc5c34)N=C(c3ccccc3)N2)=C1. The molecule has 0 spiro atoms. The second-order valence-corrected chi connectivity index (χ2v) is 10.8. The molecule has 0 fully saturated rings. The Hall–Kier alpha value is -5.55. The molecule has 0 saturated heterocycles. The quantitative estimate of drug-likeness (QED) is 0.230. The number of aromatic nitrogens is 1. The summed E-state index contributed by atoms with van der Waals surface area (Å²) < 4.78 is 6.37. The lowest BCUT2D eigenvalue weighted by atomic mass is 9.98. The predicted octanol–water partition coefficient (Wildman–Crippen LogP) is 9.04. The fourth-order valence-corrected chi connectivity index (χ4v) is 5.91. The van der Waals surface area contributed by atoms with Gasteiger partial charge in [0.05, 0.1) is 5.69 Å². The third-order valence-electron chi connectivity index (χ3n) is 8.09. The molecule has 1 aliphatic carbocycles. The van der Waals surface area contributed by atoms with Crippen LogP contribution in [0.3, 0.4) is 0 Å². The van der Waals surface area contributed by atoms with Gasteiger partial charge in [-0.3, -0.25) is 4.98 Å². The van der Waals surface area contributed by atoms with Crippen LogP contribution in [0, 0.1) is 0 Å². The Labute approximate surface area is 249 Å². The number of benzene rings is 4. The molecule has 8 rings (SSSR count). The number of pyridine rings is 1. The summed E-state index contributed by atoms with van der Waals surface area (Å²) in [6, 6.07) is 37.4. The number of nitrogens with zero attached hydrogens (tertiary/aromatic N) is 3. The van der Waals surface area contributed by atoms with Crippen LogP contribution in [0.15, 0.2) is 154 Å². The van der Waals surface area contributed by atoms with Gasteiger partial charge in [0.1, 0.15) is 22.8 Å². The van der Waals surface area contributed by atoms with Crippen LogP contribution in [-0.2, 0) is 0 Å². The van der Waals surface area contributed by atoms with Crippen LogP contribution in [0.5, 0.6) is 0 Å². The van der Waals surface area contributed by atoms with Crippen molar-refractivity contribution in [2.24, 2.45) is 9.98 Å². The predicted molar refractivity (Wildman–Crippen MR) is 175 cm³/mol. The van der Waals surface area contributed by atoms with Crippen molar-refractivity contribution in [3.63, 3.8) is 0 Å². The van der Waals surface area contributed by atoms with E-state index in [0.717, 1.165) is 80.0 Å². The van der Waals surface area contributed by atoms with Gasteiger partial charge in [0.25, 0.3) is 0 Å². The zero-order valence-corrected chi connectivity index (χ0v) is 23.4. The summed E-state index contributed by atoms with van der Waals surface area (Å²) in [5.41, 5.74) is 9.26. The lowest BCUT2D eigenvalue weighted by molar-refractivity contribution is 0.667. The molecule has 5 nitrogen and oxygen atoms in total. The number of fused-ring (bicyclic) bond motifs is 3. The van der Waals surface area contributed by atoms with E-state index in [0.29, 0.717) is 0 Å². The van der Waals surface area contributed by atoms with Gasteiger partial charge in [0, 0.05) is 33.7 Å². The summed E-state index contributed by atoms with van der Waals surface area (Å²) in [6.45, 7) is 0. The molecule has 3 heterocycles. The van der Waals surface area contributed by atoms with Gasteiger partial charge in [-0.1, -0.05) is 97.1 Å². The largest absolute Gasteiger partial charge is 0.456 e. The van der Waals surface area contributed by atoms with Crippen LogP contribution < -0.4 is 5.32 Å². The number of rotatable bonds is 5. The monoisotopic (exact) mass is 556 g/mol. The molecule has 206 valence electrons. The molecule has 43 heavy (non-hydrogen) atoms. The van der Waals surface area contributed by atoms with E-state index in [1.165, 1.54) is 5.57 Å². The first kappa shape index (κ1) is 25.2. The Morgan fingerprint density at radius 3 is 2.30 bits per heavy atom. The molecule has 0 amide bonds. The van der Waals surface area contributed by atoms with Crippen LogP contribution in [0.1, 0.15) is 30.1 Å². The van der Waals surface area contributed by atoms with Crippen molar-refractivity contribution in [2.45, 2.75) is 19.0 Å². The number of hydrogen-bond acceptors (Lipinski definition) is 5. The Morgan fingerprint density at radius 1 is 0.674 bits per heavy atom. The molecule has 1 N–H and O–H groups in total. The fourth-order valence-electron chi connectivity index (χ4n) is 5.91. The highest BCUT2D eigenvalue weighted by molar-refractivity contribution is 6.16. The third-order valence-corrected chi connectivity index (χ3v) is 8.09. The van der Waals surface area contributed by atoms with E-state index >= 15 is 0 Å². The van der Waals surface area contributed by atoms with Crippen LogP contribution in [0.4, 0.5) is 0 Å². The Balaban J connectivity index is 1.25. The van der Waals surface area contributed by atoms with E-state index in [2.05, 4.69) is 89.2 Å². The minimum Gasteiger partial charge on any atom is -0.456 e. The maximum absolute atomic E-state index is 6.37. The summed E-state index contributed by atoms with van der Waals surface area (Å²) >= 11 is 0. The zero-order valence-electron chi connectivity index (χ0n) is 23.4. The second-order valence-electron chi connectivity index (χ2n) is 10.8. The zero-order chi connectivity index (χ0) is 28.6. The molecular weight excluding hydrogens is 528 g/mol. The van der Waals surface area contributed by atoms with Crippen molar-refractivity contribution in [3.8, 4) is 22.4 Å². The Morgan fingerprint density at radius 2 is 1.49 bits per heavy atom. The van der Waals surface area contributed by atoms with Gasteiger partial charge in [0.2, 0.25) is 0 Å². The van der Waals surface area contributed by atoms with Gasteiger partial charge >= 0.3 is 0 Å². The molecule has 2 aromatic heterocycles. The lowest BCUT2D eigenvalue weighted by Gasteiger charge is -2.24. The van der Waals surface area contributed by atoms with Crippen LogP contribution in [0.25, 0.3) is 44.3 Å². The van der Waals surface area contributed by atoms with Crippen molar-refractivity contribution in [1.82, 2.24) is 10.3 Å². The number of allylic oxidation sites excluding steroid dienone is 3. The van der Waals surface area contributed by atoms with Crippen molar-refractivity contribution in [2.75, 3.05) is 0 Å². The molecule has 6 aromatic rings. The van der Waals surface area contributed by atoms with E-state index in [1.807, 2.05) is 54.7 Å². The van der Waals surface area contributed by atoms with E-state index in [1.54, 1.807) is 0 Å². The number of aliphatic imine (C=N–C) groups is 2. The topological polar surface area (TPSA) is 62.8 Å². The Kier molecular flexibility index (Phi) is 6.26. The van der Waals surface area contributed by atoms with E-state index < -0.39 is 6.17 Å². The maximum atomic E-state index is 6.37. The minimum atomic E-state index is -0.413. The van der Waals surface area contributed by atoms with Gasteiger partial charge < -0.3 is 9.73 Å². The van der Waals surface area contributed by atoms with Crippen molar-refractivity contribution in [1.29, 1.82) is 0 Å². The van der Waals surface area contributed by atoms with E-state index in [4.69, 9.17) is 14.4 Å². The van der Waals surface area contributed by atoms with Crippen LogP contribution in [0.2, 0.25) is 0 Å². The maximum Gasteiger partial charge on any atom is 0.170 e. The lowest BCUT2D eigenvalue weighted by Crippen LogP contribution is -2.36. The number of amidine groups is 2. The number of furan rings is 1. The van der Waals surface area contributed by atoms with Gasteiger partial charge in [-0.15, -0.1) is 0 Å². The second kappa shape index (κ2) is 10.7. The van der Waals surface area contributed by atoms with Gasteiger partial charge in [-0.2, -0.15) is 0 Å². The average molecular weight is 557 g/mol. The minimum absolute atomic E-state index is 0.413. The van der Waals surface area contributed by atoms with Crippen LogP contribution >= 0.6 is 0 Å². The summed E-state index contributed by atoms with van der Waals surface area (Å²) in [6.07, 6.45) is 9.81.